The molecular formula is C23H21BrN6O3. The van der Waals surface area contributed by atoms with E-state index in [4.69, 9.17) is 0 Å². The predicted octanol–water partition coefficient (Wildman–Crippen LogP) is 2.99. The molecule has 2 aromatic heterocycles. The molecule has 4 aromatic rings. The lowest BCUT2D eigenvalue weighted by Gasteiger charge is -2.14. The molecule has 3 N–H and O–H groups in total. The van der Waals surface area contributed by atoms with Crippen molar-refractivity contribution in [1.29, 1.82) is 0 Å². The second-order valence-corrected chi connectivity index (χ2v) is 8.19. The van der Waals surface area contributed by atoms with Crippen molar-refractivity contribution in [1.82, 2.24) is 19.1 Å². The van der Waals surface area contributed by atoms with Crippen LogP contribution in [-0.4, -0.2) is 30.4 Å². The summed E-state index contributed by atoms with van der Waals surface area (Å²) in [6, 6.07) is 18.8. The highest BCUT2D eigenvalue weighted by molar-refractivity contribution is 9.12. The summed E-state index contributed by atoms with van der Waals surface area (Å²) in [6.45, 7) is 0.0284. The molecular weight excluding hydrogens is 488 g/mol. The van der Waals surface area contributed by atoms with Crippen LogP contribution in [0.4, 0.5) is 5.95 Å². The molecule has 0 bridgehead atoms. The van der Waals surface area contributed by atoms with Crippen molar-refractivity contribution in [3.63, 3.8) is 0 Å². The minimum Gasteiger partial charge on any atom is -0.387 e. The smallest absolute Gasteiger partial charge is 0.329 e. The first-order chi connectivity index (χ1) is 15.9. The molecule has 0 aliphatic rings. The molecule has 0 fully saturated rings. The van der Waals surface area contributed by atoms with Gasteiger partial charge in [-0.3, -0.25) is 18.9 Å². The van der Waals surface area contributed by atoms with Crippen molar-refractivity contribution in [2.45, 2.75) is 12.6 Å². The lowest BCUT2D eigenvalue weighted by Crippen LogP contribution is -2.29. The molecule has 0 amide bonds. The van der Waals surface area contributed by atoms with Crippen LogP contribution < -0.4 is 16.7 Å². The van der Waals surface area contributed by atoms with Crippen LogP contribution in [0.25, 0.3) is 17.2 Å². The van der Waals surface area contributed by atoms with Gasteiger partial charge in [0.25, 0.3) is 5.56 Å². The minimum absolute atomic E-state index is 0.0284. The zero-order valence-electron chi connectivity index (χ0n) is 17.6. The average Bonchev–Trinajstić information content (AvgIpc) is 3.17. The Kier molecular flexibility index (Phi) is 6.66. The molecule has 10 heteroatoms. The first-order valence-electron chi connectivity index (χ1n) is 10.1. The number of aromatic amines is 1. The van der Waals surface area contributed by atoms with Crippen LogP contribution in [0.3, 0.4) is 0 Å². The van der Waals surface area contributed by atoms with Gasteiger partial charge in [-0.1, -0.05) is 60.7 Å². The van der Waals surface area contributed by atoms with Gasteiger partial charge in [-0.15, -0.1) is 0 Å². The maximum absolute atomic E-state index is 12.6. The second kappa shape index (κ2) is 9.80. The highest BCUT2D eigenvalue weighted by Gasteiger charge is 2.20. The number of allylic oxidation sites excluding steroid dienone is 1. The first kappa shape index (κ1) is 22.4. The Bertz CT molecular complexity index is 1440. The number of nitrogens with zero attached hydrogens (tertiary/aromatic N) is 4. The molecule has 2 aromatic carbocycles. The van der Waals surface area contributed by atoms with Crippen molar-refractivity contribution in [3.8, 4) is 0 Å². The number of halogens is 1. The quantitative estimate of drug-likeness (QED) is 0.262. The number of rotatable bonds is 7. The lowest BCUT2D eigenvalue weighted by molar-refractivity contribution is 0.158. The number of aliphatic hydroxyl groups is 1. The van der Waals surface area contributed by atoms with Gasteiger partial charge in [0.1, 0.15) is 0 Å². The summed E-state index contributed by atoms with van der Waals surface area (Å²) in [5, 5.41) is 15.0. The van der Waals surface area contributed by atoms with Gasteiger partial charge in [-0.2, -0.15) is 10.1 Å². The van der Waals surface area contributed by atoms with E-state index in [0.29, 0.717) is 10.0 Å². The minimum atomic E-state index is -0.908. The molecule has 0 saturated heterocycles. The van der Waals surface area contributed by atoms with Gasteiger partial charge < -0.3 is 5.11 Å². The number of hydrazone groups is 1. The summed E-state index contributed by atoms with van der Waals surface area (Å²) < 4.78 is 3.46. The van der Waals surface area contributed by atoms with E-state index in [-0.39, 0.29) is 23.7 Å². The highest BCUT2D eigenvalue weighted by Crippen LogP contribution is 2.21. The Morgan fingerprint density at radius 1 is 1.18 bits per heavy atom. The monoisotopic (exact) mass is 508 g/mol. The fraction of sp³-hybridized carbons (Fsp3) is 0.130. The van der Waals surface area contributed by atoms with Crippen LogP contribution in [0, 0.1) is 0 Å². The highest BCUT2D eigenvalue weighted by atomic mass is 79.9. The zero-order valence-corrected chi connectivity index (χ0v) is 19.2. The normalized spacial score (nSPS) is 13.0. The summed E-state index contributed by atoms with van der Waals surface area (Å²) in [6.07, 6.45) is 2.53. The molecule has 1 unspecified atom stereocenters. The van der Waals surface area contributed by atoms with Gasteiger partial charge in [-0.05, 0) is 33.1 Å². The summed E-state index contributed by atoms with van der Waals surface area (Å²) >= 11 is 3.45. The van der Waals surface area contributed by atoms with Gasteiger partial charge in [0, 0.05) is 11.5 Å². The molecule has 9 nitrogen and oxygen atoms in total. The second-order valence-electron chi connectivity index (χ2n) is 7.27. The van der Waals surface area contributed by atoms with Crippen molar-refractivity contribution in [3.05, 3.63) is 97.1 Å². The van der Waals surface area contributed by atoms with E-state index < -0.39 is 17.4 Å². The Labute approximate surface area is 196 Å². The number of aliphatic hydroxyl groups excluding tert-OH is 1. The first-order valence-corrected chi connectivity index (χ1v) is 10.9. The molecule has 33 heavy (non-hydrogen) atoms. The fourth-order valence-corrected chi connectivity index (χ4v) is 3.72. The number of anilines is 1. The van der Waals surface area contributed by atoms with Crippen molar-refractivity contribution < 1.29 is 5.11 Å². The summed E-state index contributed by atoms with van der Waals surface area (Å²) in [5.41, 5.74) is 3.66. The third kappa shape index (κ3) is 5.02. The zero-order chi connectivity index (χ0) is 23.4. The van der Waals surface area contributed by atoms with Gasteiger partial charge >= 0.3 is 5.69 Å². The summed E-state index contributed by atoms with van der Waals surface area (Å²) in [4.78, 5) is 31.3. The van der Waals surface area contributed by atoms with Crippen LogP contribution in [-0.2, 0) is 13.6 Å². The third-order valence-electron chi connectivity index (χ3n) is 5.00. The summed E-state index contributed by atoms with van der Waals surface area (Å²) in [5.74, 6) is 0.211. The number of fused-ring (bicyclic) bond motifs is 1. The number of imidazole rings is 1. The van der Waals surface area contributed by atoms with Crippen LogP contribution in [0.5, 0.6) is 0 Å². The Balaban J connectivity index is 1.69. The predicted molar refractivity (Wildman–Crippen MR) is 132 cm³/mol. The molecule has 0 saturated carbocycles. The number of nitrogens with one attached hydrogen (secondary N) is 2. The molecule has 2 heterocycles. The molecule has 168 valence electrons. The van der Waals surface area contributed by atoms with E-state index in [1.807, 2.05) is 54.6 Å². The summed E-state index contributed by atoms with van der Waals surface area (Å²) in [7, 11) is 1.51. The van der Waals surface area contributed by atoms with E-state index in [1.165, 1.54) is 16.2 Å². The molecule has 1 atom stereocenters. The number of hydrogen-bond acceptors (Lipinski definition) is 6. The van der Waals surface area contributed by atoms with Crippen LogP contribution in [0.1, 0.15) is 17.2 Å². The van der Waals surface area contributed by atoms with Crippen LogP contribution >= 0.6 is 15.9 Å². The maximum atomic E-state index is 12.6. The SMILES string of the molecule is Cn1c(=O)[nH]c(=O)c2c1nc(NN=CC(Br)=Cc1ccccc1)n2CC(O)c1ccccc1. The Hall–Kier alpha value is -3.76. The number of H-pyrrole nitrogens is 1. The van der Waals surface area contributed by atoms with Crippen LogP contribution in [0.2, 0.25) is 0 Å². The van der Waals surface area contributed by atoms with Gasteiger partial charge in [0.05, 0.1) is 18.9 Å². The van der Waals surface area contributed by atoms with Gasteiger partial charge in [-0.25, -0.2) is 10.2 Å². The van der Waals surface area contributed by atoms with Crippen LogP contribution in [0.15, 0.2) is 79.8 Å². The van der Waals surface area contributed by atoms with E-state index in [9.17, 15) is 14.7 Å². The topological polar surface area (TPSA) is 117 Å². The lowest BCUT2D eigenvalue weighted by atomic mass is 10.1. The van der Waals surface area contributed by atoms with E-state index >= 15 is 0 Å². The molecule has 0 spiro atoms. The van der Waals surface area contributed by atoms with E-state index in [0.717, 1.165) is 5.56 Å². The molecule has 0 aliphatic carbocycles. The van der Waals surface area contributed by atoms with E-state index in [2.05, 4.69) is 36.4 Å². The Morgan fingerprint density at radius 2 is 1.85 bits per heavy atom. The van der Waals surface area contributed by atoms with Gasteiger partial charge in [0.15, 0.2) is 11.2 Å². The number of aromatic nitrogens is 4. The average molecular weight is 509 g/mol. The molecule has 0 radical (unpaired) electrons. The third-order valence-corrected chi connectivity index (χ3v) is 5.44. The number of benzene rings is 2. The van der Waals surface area contributed by atoms with E-state index in [1.54, 1.807) is 18.3 Å². The van der Waals surface area contributed by atoms with Crippen molar-refractivity contribution >= 4 is 45.3 Å². The largest absolute Gasteiger partial charge is 0.387 e. The Morgan fingerprint density at radius 3 is 2.55 bits per heavy atom. The standard InChI is InChI=1S/C23H21BrN6O3/c1-29-20-19(21(32)27-23(29)33)30(14-18(31)16-10-6-3-7-11-16)22(26-20)28-25-13-17(24)12-15-8-4-2-5-9-15/h2-13,18,31H,14H2,1H3,(H,26,28)(H,27,32,33). The van der Waals surface area contributed by atoms with Crippen molar-refractivity contribution in [2.75, 3.05) is 5.43 Å². The number of aryl methyl sites for hydroxylation is 1. The fourth-order valence-electron chi connectivity index (χ4n) is 3.35. The van der Waals surface area contributed by atoms with Gasteiger partial charge in [0.2, 0.25) is 5.95 Å². The van der Waals surface area contributed by atoms with Crippen molar-refractivity contribution in [2.24, 2.45) is 12.1 Å². The molecule has 0 aliphatic heterocycles. The maximum Gasteiger partial charge on any atom is 0.329 e. The molecule has 4 rings (SSSR count). The number of hydrogen-bond donors (Lipinski definition) is 3.